The zero-order chi connectivity index (χ0) is 18.4. The number of nitrogens with zero attached hydrogens (tertiary/aromatic N) is 3. The zero-order valence-electron chi connectivity index (χ0n) is 15.7. The van der Waals surface area contributed by atoms with Crippen LogP contribution >= 0.6 is 0 Å². The minimum atomic E-state index is -0.211. The molecule has 1 saturated heterocycles. The van der Waals surface area contributed by atoms with Crippen LogP contribution in [0.5, 0.6) is 5.75 Å². The van der Waals surface area contributed by atoms with Crippen LogP contribution in [0.3, 0.4) is 0 Å². The average Bonchev–Trinajstić information content (AvgIpc) is 2.69. The first kappa shape index (κ1) is 18.4. The van der Waals surface area contributed by atoms with E-state index in [1.165, 1.54) is 5.56 Å². The molecule has 0 N–H and O–H groups in total. The first-order valence-electron chi connectivity index (χ1n) is 9.34. The smallest absolute Gasteiger partial charge is 0.124 e. The molecule has 3 rings (SSSR count). The maximum atomic E-state index is 9.73. The van der Waals surface area contributed by atoms with Gasteiger partial charge in [-0.1, -0.05) is 48.9 Å². The molecular formula is C22H27N3O. The number of nitriles is 1. The van der Waals surface area contributed by atoms with E-state index in [9.17, 15) is 5.26 Å². The molecule has 1 heterocycles. The Kier molecular flexibility index (Phi) is 6.27. The quantitative estimate of drug-likeness (QED) is 0.796. The molecule has 1 atom stereocenters. The second-order valence-corrected chi connectivity index (χ2v) is 6.85. The van der Waals surface area contributed by atoms with Gasteiger partial charge in [0.25, 0.3) is 0 Å². The van der Waals surface area contributed by atoms with E-state index in [-0.39, 0.29) is 6.04 Å². The number of ether oxygens (including phenoxy) is 1. The van der Waals surface area contributed by atoms with Crippen LogP contribution in [0.4, 0.5) is 0 Å². The summed E-state index contributed by atoms with van der Waals surface area (Å²) in [6.07, 6.45) is 0. The third-order valence-electron chi connectivity index (χ3n) is 5.04. The normalized spacial score (nSPS) is 16.8. The Morgan fingerprint density at radius 2 is 1.81 bits per heavy atom. The molecule has 4 nitrogen and oxygen atoms in total. The molecule has 0 saturated carbocycles. The van der Waals surface area contributed by atoms with Gasteiger partial charge in [-0.3, -0.25) is 4.90 Å². The number of benzene rings is 2. The molecule has 1 aliphatic heterocycles. The third-order valence-corrected chi connectivity index (χ3v) is 5.04. The molecule has 1 fully saturated rings. The van der Waals surface area contributed by atoms with E-state index >= 15 is 0 Å². The van der Waals surface area contributed by atoms with Crippen molar-refractivity contribution in [3.8, 4) is 11.8 Å². The van der Waals surface area contributed by atoms with Gasteiger partial charge in [0.2, 0.25) is 0 Å². The monoisotopic (exact) mass is 349 g/mol. The number of likely N-dealkylation sites (N-methyl/N-ethyl adjacent to an activating group) is 1. The maximum absolute atomic E-state index is 9.73. The van der Waals surface area contributed by atoms with Crippen LogP contribution in [0.25, 0.3) is 0 Å². The summed E-state index contributed by atoms with van der Waals surface area (Å²) in [5.74, 6) is 0.815. The van der Waals surface area contributed by atoms with Crippen LogP contribution < -0.4 is 4.74 Å². The van der Waals surface area contributed by atoms with Crippen molar-refractivity contribution in [2.45, 2.75) is 26.5 Å². The molecule has 0 aromatic heterocycles. The molecule has 0 spiro atoms. The lowest BCUT2D eigenvalue weighted by Crippen LogP contribution is -2.47. The Morgan fingerprint density at radius 3 is 2.46 bits per heavy atom. The molecule has 136 valence electrons. The van der Waals surface area contributed by atoms with Crippen LogP contribution in [-0.4, -0.2) is 42.5 Å². The Balaban J connectivity index is 1.65. The third kappa shape index (κ3) is 4.63. The van der Waals surface area contributed by atoms with Gasteiger partial charge in [0, 0.05) is 26.2 Å². The summed E-state index contributed by atoms with van der Waals surface area (Å²) >= 11 is 0. The highest BCUT2D eigenvalue weighted by Crippen LogP contribution is 2.25. The van der Waals surface area contributed by atoms with E-state index in [0.29, 0.717) is 6.61 Å². The standard InChI is InChI=1S/C22H27N3O/c1-3-24-11-13-25(14-12-24)22(16-23)20-5-4-6-21(15-20)26-17-19-9-7-18(2)8-10-19/h4-10,15,22H,3,11-14,17H2,1-2H3. The van der Waals surface area contributed by atoms with Crippen LogP contribution in [-0.2, 0) is 6.61 Å². The highest BCUT2D eigenvalue weighted by molar-refractivity contribution is 5.33. The SMILES string of the molecule is CCN1CCN(C(C#N)c2cccc(OCc3ccc(C)cc3)c2)CC1. The number of aryl methyl sites for hydroxylation is 1. The number of piperazine rings is 1. The maximum Gasteiger partial charge on any atom is 0.124 e. The molecule has 2 aromatic carbocycles. The lowest BCUT2D eigenvalue weighted by molar-refractivity contribution is 0.118. The fourth-order valence-electron chi connectivity index (χ4n) is 3.33. The number of hydrogen-bond donors (Lipinski definition) is 0. The molecule has 1 aliphatic rings. The van der Waals surface area contributed by atoms with Crippen molar-refractivity contribution < 1.29 is 4.74 Å². The van der Waals surface area contributed by atoms with Gasteiger partial charge in [-0.2, -0.15) is 5.26 Å². The summed E-state index contributed by atoms with van der Waals surface area (Å²) < 4.78 is 5.95. The summed E-state index contributed by atoms with van der Waals surface area (Å²) in [4.78, 5) is 4.69. The van der Waals surface area contributed by atoms with E-state index in [4.69, 9.17) is 4.74 Å². The Bertz CT molecular complexity index is 743. The molecule has 0 bridgehead atoms. The van der Waals surface area contributed by atoms with E-state index in [1.54, 1.807) is 0 Å². The molecule has 2 aromatic rings. The van der Waals surface area contributed by atoms with Gasteiger partial charge in [-0.05, 0) is 36.7 Å². The van der Waals surface area contributed by atoms with Crippen LogP contribution in [0.15, 0.2) is 48.5 Å². The van der Waals surface area contributed by atoms with E-state index < -0.39 is 0 Å². The molecule has 26 heavy (non-hydrogen) atoms. The molecule has 4 heteroatoms. The summed E-state index contributed by atoms with van der Waals surface area (Å²) in [7, 11) is 0. The summed E-state index contributed by atoms with van der Waals surface area (Å²) in [6.45, 7) is 9.80. The van der Waals surface area contributed by atoms with Gasteiger partial charge in [0.05, 0.1) is 6.07 Å². The molecular weight excluding hydrogens is 322 g/mol. The van der Waals surface area contributed by atoms with E-state index in [0.717, 1.165) is 49.6 Å². The Morgan fingerprint density at radius 1 is 1.08 bits per heavy atom. The van der Waals surface area contributed by atoms with Crippen molar-refractivity contribution in [1.82, 2.24) is 9.80 Å². The molecule has 0 aliphatic carbocycles. The van der Waals surface area contributed by atoms with Crippen molar-refractivity contribution in [3.05, 3.63) is 65.2 Å². The lowest BCUT2D eigenvalue weighted by Gasteiger charge is -2.36. The Labute approximate surface area is 156 Å². The van der Waals surface area contributed by atoms with Crippen LogP contribution in [0, 0.1) is 18.3 Å². The van der Waals surface area contributed by atoms with Gasteiger partial charge in [0.1, 0.15) is 18.4 Å². The predicted octanol–water partition coefficient (Wildman–Crippen LogP) is 3.78. The minimum Gasteiger partial charge on any atom is -0.489 e. The molecule has 0 radical (unpaired) electrons. The van der Waals surface area contributed by atoms with E-state index in [1.807, 2.05) is 24.3 Å². The first-order valence-corrected chi connectivity index (χ1v) is 9.34. The van der Waals surface area contributed by atoms with Gasteiger partial charge in [-0.25, -0.2) is 0 Å². The largest absolute Gasteiger partial charge is 0.489 e. The van der Waals surface area contributed by atoms with Gasteiger partial charge >= 0.3 is 0 Å². The fourth-order valence-corrected chi connectivity index (χ4v) is 3.33. The average molecular weight is 349 g/mol. The summed E-state index contributed by atoms with van der Waals surface area (Å²) in [5.41, 5.74) is 3.41. The minimum absolute atomic E-state index is 0.211. The van der Waals surface area contributed by atoms with Gasteiger partial charge in [-0.15, -0.1) is 0 Å². The van der Waals surface area contributed by atoms with Crippen molar-refractivity contribution >= 4 is 0 Å². The highest BCUT2D eigenvalue weighted by atomic mass is 16.5. The lowest BCUT2D eigenvalue weighted by atomic mass is 10.1. The topological polar surface area (TPSA) is 39.5 Å². The summed E-state index contributed by atoms with van der Waals surface area (Å²) in [5, 5.41) is 9.73. The van der Waals surface area contributed by atoms with Gasteiger partial charge in [0.15, 0.2) is 0 Å². The van der Waals surface area contributed by atoms with Crippen molar-refractivity contribution in [1.29, 1.82) is 5.26 Å². The summed E-state index contributed by atoms with van der Waals surface area (Å²) in [6, 6.07) is 18.6. The van der Waals surface area contributed by atoms with Crippen molar-refractivity contribution in [2.75, 3.05) is 32.7 Å². The van der Waals surface area contributed by atoms with E-state index in [2.05, 4.69) is 54.0 Å². The first-order chi connectivity index (χ1) is 12.7. The van der Waals surface area contributed by atoms with Crippen LogP contribution in [0.2, 0.25) is 0 Å². The van der Waals surface area contributed by atoms with Crippen LogP contribution in [0.1, 0.15) is 29.7 Å². The molecule has 0 amide bonds. The van der Waals surface area contributed by atoms with Gasteiger partial charge < -0.3 is 9.64 Å². The number of hydrogen-bond acceptors (Lipinski definition) is 4. The van der Waals surface area contributed by atoms with Crippen molar-refractivity contribution in [3.63, 3.8) is 0 Å². The highest BCUT2D eigenvalue weighted by Gasteiger charge is 2.24. The predicted molar refractivity (Wildman–Crippen MR) is 104 cm³/mol. The zero-order valence-corrected chi connectivity index (χ0v) is 15.7. The second-order valence-electron chi connectivity index (χ2n) is 6.85. The number of rotatable bonds is 6. The molecule has 1 unspecified atom stereocenters. The second kappa shape index (κ2) is 8.84. The Hall–Kier alpha value is -2.35. The fraction of sp³-hybridized carbons (Fsp3) is 0.409. The van der Waals surface area contributed by atoms with Crippen molar-refractivity contribution in [2.24, 2.45) is 0 Å².